The van der Waals surface area contributed by atoms with E-state index in [9.17, 15) is 0 Å². The minimum atomic E-state index is 0. The Kier molecular flexibility index (Phi) is 211. The van der Waals surface area contributed by atoms with E-state index in [0.717, 1.165) is 0 Å². The maximum Gasteiger partial charge on any atom is 0 e. The molecule has 0 aliphatic carbocycles. The summed E-state index contributed by atoms with van der Waals surface area (Å²) in [7, 11) is 0. The van der Waals surface area contributed by atoms with Crippen molar-refractivity contribution in [3.05, 3.63) is 0 Å². The van der Waals surface area contributed by atoms with Gasteiger partial charge in [-0.25, -0.2) is 0 Å². The molecule has 0 rings (SSSR count). The number of rotatable bonds is 0. The summed E-state index contributed by atoms with van der Waals surface area (Å²) in [4.78, 5) is 0. The molecule has 0 fully saturated rings. The molecule has 33 valence electrons. The first-order valence-corrected chi connectivity index (χ1v) is 0. The molecule has 0 aromatic rings. The molecule has 5 heteroatoms. The van der Waals surface area contributed by atoms with Gasteiger partial charge >= 0.3 is 0 Å². The van der Waals surface area contributed by atoms with E-state index < -0.39 is 0 Å². The summed E-state index contributed by atoms with van der Waals surface area (Å²) < 4.78 is 0. The minimum absolute atomic E-state index is 0. The summed E-state index contributed by atoms with van der Waals surface area (Å²) in [6, 6.07) is 0. The SMILES string of the molecule is [Re].[Re].[Re].[W].[W]. The second-order valence-electron chi connectivity index (χ2n) is 0. The van der Waals surface area contributed by atoms with Crippen molar-refractivity contribution in [3.8, 4) is 0 Å². The molecule has 0 saturated carbocycles. The zero-order valence-corrected chi connectivity index (χ0v) is 16.0. The molecule has 0 aromatic heterocycles. The molecule has 0 nitrogen and oxygen atoms in total. The molecule has 0 unspecified atom stereocenters. The van der Waals surface area contributed by atoms with E-state index >= 15 is 0 Å². The third kappa shape index (κ3) is 18.7. The van der Waals surface area contributed by atoms with E-state index in [2.05, 4.69) is 0 Å². The fourth-order valence-electron chi connectivity index (χ4n) is 0. The van der Waals surface area contributed by atoms with Crippen LogP contribution in [0.2, 0.25) is 0 Å². The van der Waals surface area contributed by atoms with Crippen LogP contribution in [-0.4, -0.2) is 0 Å². The number of hydrogen-bond acceptors (Lipinski definition) is 0. The first-order valence-electron chi connectivity index (χ1n) is 0. The van der Waals surface area contributed by atoms with Gasteiger partial charge in [0.25, 0.3) is 0 Å². The molecule has 0 spiro atoms. The second kappa shape index (κ2) is 26.4. The number of hydrogen-bond donors (Lipinski definition) is 0. The van der Waals surface area contributed by atoms with Crippen molar-refractivity contribution in [1.82, 2.24) is 0 Å². The monoisotopic (exact) mass is 929 g/mol. The minimum Gasteiger partial charge on any atom is 0 e. The van der Waals surface area contributed by atoms with Gasteiger partial charge in [-0.3, -0.25) is 0 Å². The maximum atomic E-state index is 0. The maximum absolute atomic E-state index is 0. The fourth-order valence-corrected chi connectivity index (χ4v) is 0. The molecule has 0 aromatic carbocycles. The van der Waals surface area contributed by atoms with Crippen molar-refractivity contribution in [2.24, 2.45) is 0 Å². The molecule has 5 heavy (non-hydrogen) atoms. The summed E-state index contributed by atoms with van der Waals surface area (Å²) in [5.41, 5.74) is 0. The average Bonchev–Trinajstić information content (AvgIpc) is 0. The third-order valence-corrected chi connectivity index (χ3v) is 0. The molecule has 0 aliphatic heterocycles. The molecular weight excluding hydrogens is 926 g/mol. The normalized spacial score (nSPS) is 0. The summed E-state index contributed by atoms with van der Waals surface area (Å²) in [6.07, 6.45) is 0. The molecule has 0 atom stereocenters. The Labute approximate surface area is 101 Å². The van der Waals surface area contributed by atoms with Gasteiger partial charge in [0.05, 0.1) is 0 Å². The first kappa shape index (κ1) is 40.1. The van der Waals surface area contributed by atoms with Crippen LogP contribution in [0.1, 0.15) is 0 Å². The van der Waals surface area contributed by atoms with Crippen molar-refractivity contribution in [2.45, 2.75) is 0 Å². The van der Waals surface area contributed by atoms with Gasteiger partial charge in [-0.15, -0.1) is 0 Å². The molecule has 0 aliphatic rings. The van der Waals surface area contributed by atoms with Gasteiger partial charge < -0.3 is 0 Å². The predicted octanol–water partition coefficient (Wildman–Crippen LogP) is -0.0125. The Morgan fingerprint density at radius 1 is 0.400 bits per heavy atom. The van der Waals surface area contributed by atoms with Crippen molar-refractivity contribution in [2.75, 3.05) is 0 Å². The van der Waals surface area contributed by atoms with Crippen LogP contribution in [0.5, 0.6) is 0 Å². The molecular formula is Re3W2. The Balaban J connectivity index is 0. The van der Waals surface area contributed by atoms with Gasteiger partial charge in [0.2, 0.25) is 0 Å². The largest absolute Gasteiger partial charge is 0 e. The molecule has 0 amide bonds. The van der Waals surface area contributed by atoms with Crippen LogP contribution >= 0.6 is 0 Å². The van der Waals surface area contributed by atoms with E-state index in [1.807, 2.05) is 0 Å². The van der Waals surface area contributed by atoms with Crippen molar-refractivity contribution in [1.29, 1.82) is 0 Å². The van der Waals surface area contributed by atoms with Gasteiger partial charge in [-0.1, -0.05) is 0 Å². The van der Waals surface area contributed by atoms with E-state index in [1.165, 1.54) is 0 Å². The summed E-state index contributed by atoms with van der Waals surface area (Å²) in [6.45, 7) is 0. The zero-order valence-electron chi connectivity index (χ0n) is 1.95. The van der Waals surface area contributed by atoms with Crippen LogP contribution in [0.3, 0.4) is 0 Å². The van der Waals surface area contributed by atoms with Crippen LogP contribution in [0, 0.1) is 0 Å². The average molecular weight is 926 g/mol. The second-order valence-corrected chi connectivity index (χ2v) is 0. The Morgan fingerprint density at radius 3 is 0.400 bits per heavy atom. The van der Waals surface area contributed by atoms with Crippen LogP contribution in [0.25, 0.3) is 0 Å². The van der Waals surface area contributed by atoms with E-state index in [-0.39, 0.29) is 103 Å². The molecule has 0 bridgehead atoms. The van der Waals surface area contributed by atoms with Crippen LogP contribution < -0.4 is 0 Å². The molecule has 0 saturated heterocycles. The van der Waals surface area contributed by atoms with Gasteiger partial charge in [-0.2, -0.15) is 0 Å². The predicted molar refractivity (Wildman–Crippen MR) is 0 cm³/mol. The molecule has 0 N–H and O–H groups in total. The van der Waals surface area contributed by atoms with Gasteiger partial charge in [0.15, 0.2) is 0 Å². The molecule has 3 radical (unpaired) electrons. The van der Waals surface area contributed by atoms with E-state index in [0.29, 0.717) is 0 Å². The van der Waals surface area contributed by atoms with E-state index in [1.54, 1.807) is 0 Å². The summed E-state index contributed by atoms with van der Waals surface area (Å²) in [5.74, 6) is 0. The summed E-state index contributed by atoms with van der Waals surface area (Å²) in [5, 5.41) is 0. The van der Waals surface area contributed by atoms with Crippen LogP contribution in [0.4, 0.5) is 0 Å². The van der Waals surface area contributed by atoms with Crippen molar-refractivity contribution in [3.63, 3.8) is 0 Å². The van der Waals surface area contributed by atoms with Crippen LogP contribution in [0.15, 0.2) is 0 Å². The fraction of sp³-hybridized carbons (Fsp3) is 0. The van der Waals surface area contributed by atoms with Gasteiger partial charge in [0.1, 0.15) is 0 Å². The van der Waals surface area contributed by atoms with Gasteiger partial charge in [0, 0.05) is 103 Å². The smallest absolute Gasteiger partial charge is 0 e. The van der Waals surface area contributed by atoms with Crippen LogP contribution in [-0.2, 0) is 103 Å². The van der Waals surface area contributed by atoms with E-state index in [4.69, 9.17) is 0 Å². The van der Waals surface area contributed by atoms with Crippen molar-refractivity contribution < 1.29 is 103 Å². The summed E-state index contributed by atoms with van der Waals surface area (Å²) >= 11 is 0. The first-order chi connectivity index (χ1) is 0. The zero-order chi connectivity index (χ0) is 0. The standard InChI is InChI=1S/3Re.2W. The Morgan fingerprint density at radius 2 is 0.400 bits per heavy atom. The quantitative estimate of drug-likeness (QED) is 0.322. The topological polar surface area (TPSA) is 0 Å². The molecule has 0 heterocycles. The third-order valence-electron chi connectivity index (χ3n) is 0. The van der Waals surface area contributed by atoms with Gasteiger partial charge in [-0.05, 0) is 0 Å². The Hall–Kier alpha value is 3.36. The van der Waals surface area contributed by atoms with Crippen molar-refractivity contribution >= 4 is 0 Å². The Bertz CT molecular complexity index is 4.85.